The lowest BCUT2D eigenvalue weighted by molar-refractivity contribution is -0.130. The third-order valence-corrected chi connectivity index (χ3v) is 6.99. The van der Waals surface area contributed by atoms with Gasteiger partial charge in [0, 0.05) is 25.8 Å². The van der Waals surface area contributed by atoms with Crippen LogP contribution in [0.25, 0.3) is 6.08 Å². The van der Waals surface area contributed by atoms with E-state index in [1.807, 2.05) is 44.2 Å². The molecule has 0 saturated carbocycles. The van der Waals surface area contributed by atoms with Crippen molar-refractivity contribution in [3.8, 4) is 12.1 Å². The van der Waals surface area contributed by atoms with Crippen LogP contribution in [0.2, 0.25) is 0 Å². The number of amides is 2. The second kappa shape index (κ2) is 15.0. The number of rotatable bonds is 10. The predicted molar refractivity (Wildman–Crippen MR) is 153 cm³/mol. The molecule has 1 fully saturated rings. The second-order valence-electron chi connectivity index (χ2n) is 10.0. The number of aryl methyl sites for hydroxylation is 1. The molecule has 0 aromatic heterocycles. The summed E-state index contributed by atoms with van der Waals surface area (Å²) in [5, 5.41) is 41.5. The van der Waals surface area contributed by atoms with Gasteiger partial charge in [-0.05, 0) is 81.0 Å². The summed E-state index contributed by atoms with van der Waals surface area (Å²) in [5.41, 5.74) is 2.95. The monoisotopic (exact) mass is 558 g/mol. The molecule has 1 aliphatic rings. The Morgan fingerprint density at radius 3 is 2.46 bits per heavy atom. The average Bonchev–Trinajstić information content (AvgIpc) is 2.97. The molecule has 2 aromatic carbocycles. The molecule has 1 saturated heterocycles. The van der Waals surface area contributed by atoms with Gasteiger partial charge in [0.2, 0.25) is 0 Å². The highest BCUT2D eigenvalue weighted by Gasteiger charge is 2.28. The normalized spacial score (nSPS) is 15.1. The molecule has 1 heterocycles. The molecular formula is C30H35BN4O6. The quantitative estimate of drug-likeness (QED) is 0.228. The van der Waals surface area contributed by atoms with Crippen LogP contribution in [-0.4, -0.2) is 65.8 Å². The number of alkyl carbamates (subject to hydrolysis) is 1. The number of nitrogens with zero attached hydrogens (tertiary/aromatic N) is 3. The van der Waals surface area contributed by atoms with Gasteiger partial charge in [-0.15, -0.1) is 0 Å². The highest BCUT2D eigenvalue weighted by Crippen LogP contribution is 2.23. The largest absolute Gasteiger partial charge is 0.475 e. The summed E-state index contributed by atoms with van der Waals surface area (Å²) in [5.74, 6) is -1.40. The standard InChI is InChI=1S/C30H35BN4O6/c1-4-35(27-9-11-40-12-10-27)29(36)26(19-33)15-23-13-24(18-32)16-25(14-23)21(3)41-30(37)34-28(31(38)39)17-22-7-5-20(2)6-8-22/h5-8,13-16,21,27-28,38-39H,4,9-12,17H2,1-3H3,(H,34,37). The molecule has 0 bridgehead atoms. The molecule has 10 nitrogen and oxygen atoms in total. The van der Waals surface area contributed by atoms with E-state index in [4.69, 9.17) is 9.47 Å². The van der Waals surface area contributed by atoms with E-state index in [-0.39, 0.29) is 23.6 Å². The Labute approximate surface area is 240 Å². The van der Waals surface area contributed by atoms with Crippen molar-refractivity contribution in [2.24, 2.45) is 0 Å². The van der Waals surface area contributed by atoms with Gasteiger partial charge in [0.25, 0.3) is 5.91 Å². The molecule has 2 unspecified atom stereocenters. The van der Waals surface area contributed by atoms with Gasteiger partial charge in [-0.3, -0.25) is 4.79 Å². The van der Waals surface area contributed by atoms with E-state index in [1.165, 1.54) is 6.08 Å². The molecule has 2 amide bonds. The van der Waals surface area contributed by atoms with E-state index in [0.29, 0.717) is 43.7 Å². The molecule has 0 radical (unpaired) electrons. The van der Waals surface area contributed by atoms with Crippen LogP contribution in [0.3, 0.4) is 0 Å². The fourth-order valence-electron chi connectivity index (χ4n) is 4.71. The number of benzene rings is 2. The summed E-state index contributed by atoms with van der Waals surface area (Å²) in [6.45, 7) is 6.97. The summed E-state index contributed by atoms with van der Waals surface area (Å²) in [6, 6.07) is 16.2. The molecule has 0 spiro atoms. The first-order valence-corrected chi connectivity index (χ1v) is 13.6. The molecule has 11 heteroatoms. The number of hydrogen-bond acceptors (Lipinski definition) is 8. The number of likely N-dealkylation sites (N-methyl/N-ethyl adjacent to an activating group) is 1. The zero-order valence-electron chi connectivity index (χ0n) is 23.5. The highest BCUT2D eigenvalue weighted by molar-refractivity contribution is 6.43. The summed E-state index contributed by atoms with van der Waals surface area (Å²) < 4.78 is 10.9. The van der Waals surface area contributed by atoms with Crippen LogP contribution < -0.4 is 5.32 Å². The Morgan fingerprint density at radius 2 is 1.88 bits per heavy atom. The van der Waals surface area contributed by atoms with Crippen LogP contribution in [0, 0.1) is 29.6 Å². The fraction of sp³-hybridized carbons (Fsp3) is 0.400. The predicted octanol–water partition coefficient (Wildman–Crippen LogP) is 3.21. The van der Waals surface area contributed by atoms with Crippen molar-refractivity contribution in [1.29, 1.82) is 10.5 Å². The summed E-state index contributed by atoms with van der Waals surface area (Å²) in [7, 11) is -1.82. The van der Waals surface area contributed by atoms with Gasteiger partial charge in [0.1, 0.15) is 17.7 Å². The van der Waals surface area contributed by atoms with Crippen molar-refractivity contribution < 1.29 is 29.1 Å². The highest BCUT2D eigenvalue weighted by atomic mass is 16.6. The third-order valence-electron chi connectivity index (χ3n) is 6.99. The molecule has 2 aromatic rings. The zero-order chi connectivity index (χ0) is 29.9. The van der Waals surface area contributed by atoms with Crippen molar-refractivity contribution in [3.63, 3.8) is 0 Å². The minimum absolute atomic E-state index is 0.0155. The lowest BCUT2D eigenvalue weighted by atomic mass is 9.76. The first kappa shape index (κ1) is 31.4. The maximum atomic E-state index is 13.2. The van der Waals surface area contributed by atoms with Crippen LogP contribution >= 0.6 is 0 Å². The smallest absolute Gasteiger partial charge is 0.442 e. The molecule has 2 atom stereocenters. The Balaban J connectivity index is 1.76. The van der Waals surface area contributed by atoms with Crippen molar-refractivity contribution >= 4 is 25.2 Å². The van der Waals surface area contributed by atoms with Crippen LogP contribution in [0.15, 0.2) is 48.0 Å². The number of carbonyl (C=O) groups excluding carboxylic acids is 2. The molecule has 0 aliphatic carbocycles. The molecular weight excluding hydrogens is 523 g/mol. The molecule has 41 heavy (non-hydrogen) atoms. The number of nitriles is 2. The van der Waals surface area contributed by atoms with Gasteiger partial charge in [-0.25, -0.2) is 4.79 Å². The SMILES string of the molecule is CCN(C(=O)C(C#N)=Cc1cc(C#N)cc(C(C)OC(=O)NC(Cc2ccc(C)cc2)B(O)O)c1)C1CCOCC1. The maximum absolute atomic E-state index is 13.2. The van der Waals surface area contributed by atoms with Crippen molar-refractivity contribution in [3.05, 3.63) is 75.9 Å². The summed E-state index contributed by atoms with van der Waals surface area (Å²) >= 11 is 0. The van der Waals surface area contributed by atoms with Gasteiger partial charge in [0.05, 0.1) is 17.6 Å². The van der Waals surface area contributed by atoms with E-state index in [2.05, 4.69) is 11.4 Å². The van der Waals surface area contributed by atoms with Crippen LogP contribution in [0.5, 0.6) is 0 Å². The molecule has 214 valence electrons. The van der Waals surface area contributed by atoms with E-state index < -0.39 is 31.2 Å². The number of ether oxygens (including phenoxy) is 2. The Hall–Kier alpha value is -4.16. The van der Waals surface area contributed by atoms with Crippen LogP contribution in [-0.2, 0) is 20.7 Å². The van der Waals surface area contributed by atoms with Crippen LogP contribution in [0.4, 0.5) is 4.79 Å². The maximum Gasteiger partial charge on any atom is 0.475 e. The first-order valence-electron chi connectivity index (χ1n) is 13.6. The molecule has 3 rings (SSSR count). The zero-order valence-corrected chi connectivity index (χ0v) is 23.5. The van der Waals surface area contributed by atoms with Crippen molar-refractivity contribution in [1.82, 2.24) is 10.2 Å². The Morgan fingerprint density at radius 1 is 1.20 bits per heavy atom. The van der Waals surface area contributed by atoms with Gasteiger partial charge in [-0.2, -0.15) is 10.5 Å². The average molecular weight is 558 g/mol. The fourth-order valence-corrected chi connectivity index (χ4v) is 4.71. The molecule has 1 aliphatic heterocycles. The summed E-state index contributed by atoms with van der Waals surface area (Å²) in [6.07, 6.45) is 1.30. The minimum atomic E-state index is -1.82. The van der Waals surface area contributed by atoms with Gasteiger partial charge in [0.15, 0.2) is 0 Å². The van der Waals surface area contributed by atoms with E-state index >= 15 is 0 Å². The second-order valence-corrected chi connectivity index (χ2v) is 10.0. The number of hydrogen-bond donors (Lipinski definition) is 3. The number of nitrogens with one attached hydrogen (secondary N) is 1. The topological polar surface area (TPSA) is 156 Å². The van der Waals surface area contributed by atoms with Gasteiger partial charge >= 0.3 is 13.2 Å². The van der Waals surface area contributed by atoms with Gasteiger partial charge < -0.3 is 29.7 Å². The first-order chi connectivity index (χ1) is 19.6. The molecule has 3 N–H and O–H groups in total. The summed E-state index contributed by atoms with van der Waals surface area (Å²) in [4.78, 5) is 27.6. The third kappa shape index (κ3) is 8.92. The Kier molecular flexibility index (Phi) is 11.5. The van der Waals surface area contributed by atoms with E-state index in [9.17, 15) is 30.2 Å². The van der Waals surface area contributed by atoms with Gasteiger partial charge in [-0.1, -0.05) is 29.8 Å². The van der Waals surface area contributed by atoms with E-state index in [0.717, 1.165) is 11.1 Å². The lowest BCUT2D eigenvalue weighted by Gasteiger charge is -2.33. The van der Waals surface area contributed by atoms with Crippen molar-refractivity contribution in [2.45, 2.75) is 58.1 Å². The van der Waals surface area contributed by atoms with E-state index in [1.54, 1.807) is 30.0 Å². The van der Waals surface area contributed by atoms with Crippen LogP contribution in [0.1, 0.15) is 60.6 Å². The Bertz CT molecular complexity index is 1330. The minimum Gasteiger partial charge on any atom is -0.442 e. The number of carbonyl (C=O) groups is 2. The van der Waals surface area contributed by atoms with Crippen molar-refractivity contribution in [2.75, 3.05) is 19.8 Å². The lowest BCUT2D eigenvalue weighted by Crippen LogP contribution is -2.48.